The van der Waals surface area contributed by atoms with Crippen LogP contribution in [0.1, 0.15) is 152 Å². The summed E-state index contributed by atoms with van der Waals surface area (Å²) in [5.74, 6) is 0.341. The molecular weight excluding hydrogens is 733 g/mol. The standard InChI is InChI=1S/C33H56N5O6P.C8H8N2O/c1-2-3-4-5-6-7-8-9-10-11-12-13-14-15-16-17-23-41-24-18-25-42-45(39,40)43-27-33(26-34)22-21-31(44-33)29-19-20-30-32(35)36-28-37-38(29)30;1-11-6-8-3-2-7(4-9)5-10-8/h19-20,28,31H,2-18,21-25,27H2,1H3,(H,39,40)(H2,35,36,37);2-3,5H,6H2,1H3. The summed E-state index contributed by atoms with van der Waals surface area (Å²) in [5.41, 5.74) is 7.32. The third-order valence-electron chi connectivity index (χ3n) is 9.76. The lowest BCUT2D eigenvalue weighted by atomic mass is 10.0. The van der Waals surface area contributed by atoms with Gasteiger partial charge in [-0.15, -0.1) is 0 Å². The lowest BCUT2D eigenvalue weighted by Gasteiger charge is -2.23. The molecule has 1 fully saturated rings. The van der Waals surface area contributed by atoms with Crippen molar-refractivity contribution in [3.8, 4) is 12.1 Å². The van der Waals surface area contributed by atoms with Gasteiger partial charge >= 0.3 is 7.82 Å². The predicted octanol–water partition coefficient (Wildman–Crippen LogP) is 9.33. The van der Waals surface area contributed by atoms with Crippen LogP contribution in [0.15, 0.2) is 36.8 Å². The maximum Gasteiger partial charge on any atom is 0.472 e. The molecule has 310 valence electrons. The van der Waals surface area contributed by atoms with Crippen LogP contribution in [0.4, 0.5) is 5.82 Å². The third kappa shape index (κ3) is 17.8. The van der Waals surface area contributed by atoms with Gasteiger partial charge in [0.25, 0.3) is 0 Å². The number of phosphoric ester groups is 1. The fourth-order valence-electron chi connectivity index (χ4n) is 6.54. The molecule has 0 aromatic carbocycles. The zero-order valence-corrected chi connectivity index (χ0v) is 34.5. The van der Waals surface area contributed by atoms with Gasteiger partial charge in [0.2, 0.25) is 0 Å². The lowest BCUT2D eigenvalue weighted by molar-refractivity contribution is -0.0399. The van der Waals surface area contributed by atoms with E-state index in [-0.39, 0.29) is 13.2 Å². The minimum Gasteiger partial charge on any atom is -0.382 e. The topological polar surface area (TPSA) is 200 Å². The number of nitrogen functional groups attached to an aromatic ring is 1. The Balaban J connectivity index is 0.000000655. The van der Waals surface area contributed by atoms with Crippen LogP contribution in [0.25, 0.3) is 5.52 Å². The van der Waals surface area contributed by atoms with Crippen molar-refractivity contribution < 1.29 is 32.7 Å². The first-order valence-electron chi connectivity index (χ1n) is 20.5. The van der Waals surface area contributed by atoms with Gasteiger partial charge in [-0.05, 0) is 49.9 Å². The van der Waals surface area contributed by atoms with Crippen molar-refractivity contribution in [3.05, 3.63) is 53.7 Å². The van der Waals surface area contributed by atoms with Crippen LogP contribution < -0.4 is 5.73 Å². The van der Waals surface area contributed by atoms with Crippen molar-refractivity contribution >= 4 is 19.2 Å². The molecule has 1 aliphatic rings. The number of ether oxygens (including phenoxy) is 3. The highest BCUT2D eigenvalue weighted by atomic mass is 31.2. The van der Waals surface area contributed by atoms with Crippen LogP contribution in [0.2, 0.25) is 0 Å². The number of unbranched alkanes of at least 4 members (excludes halogenated alkanes) is 15. The average Bonchev–Trinajstić information content (AvgIpc) is 3.84. The fourth-order valence-corrected chi connectivity index (χ4v) is 7.35. The molecule has 0 spiro atoms. The van der Waals surface area contributed by atoms with E-state index >= 15 is 0 Å². The number of nitrogens with zero attached hydrogens (tertiary/aromatic N) is 6. The van der Waals surface area contributed by atoms with Crippen molar-refractivity contribution in [1.29, 1.82) is 10.5 Å². The first kappa shape index (κ1) is 46.9. The molecule has 0 bridgehead atoms. The van der Waals surface area contributed by atoms with Gasteiger partial charge in [0.05, 0.1) is 30.2 Å². The molecule has 4 heterocycles. The Bertz CT molecular complexity index is 1650. The average molecular weight is 798 g/mol. The summed E-state index contributed by atoms with van der Waals surface area (Å²) < 4.78 is 40.8. The summed E-state index contributed by atoms with van der Waals surface area (Å²) in [5, 5.41) is 22.5. The molecular formula is C41H64N7O7P. The summed E-state index contributed by atoms with van der Waals surface area (Å²) in [6.45, 7) is 3.53. The molecule has 0 amide bonds. The van der Waals surface area contributed by atoms with Gasteiger partial charge in [-0.1, -0.05) is 103 Å². The van der Waals surface area contributed by atoms with Crippen LogP contribution in [0.3, 0.4) is 0 Å². The smallest absolute Gasteiger partial charge is 0.382 e. The molecule has 3 atom stereocenters. The Morgan fingerprint density at radius 2 is 1.54 bits per heavy atom. The number of methoxy groups -OCH3 is 1. The van der Waals surface area contributed by atoms with E-state index in [9.17, 15) is 14.7 Å². The normalized spacial score (nSPS) is 17.6. The van der Waals surface area contributed by atoms with Gasteiger partial charge in [0, 0.05) is 26.5 Å². The van der Waals surface area contributed by atoms with Crippen LogP contribution in [0, 0.1) is 22.7 Å². The van der Waals surface area contributed by atoms with E-state index in [1.807, 2.05) is 12.1 Å². The summed E-state index contributed by atoms with van der Waals surface area (Å²) in [6, 6.07) is 11.2. The molecule has 0 saturated carbocycles. The van der Waals surface area contributed by atoms with E-state index in [4.69, 9.17) is 34.3 Å². The molecule has 56 heavy (non-hydrogen) atoms. The quantitative estimate of drug-likeness (QED) is 0.0520. The monoisotopic (exact) mass is 797 g/mol. The Labute approximate surface area is 333 Å². The summed E-state index contributed by atoms with van der Waals surface area (Å²) in [4.78, 5) is 18.1. The second kappa shape index (κ2) is 27.2. The van der Waals surface area contributed by atoms with Gasteiger partial charge < -0.3 is 24.8 Å². The molecule has 14 nitrogen and oxygen atoms in total. The number of hydrogen-bond acceptors (Lipinski definition) is 12. The van der Waals surface area contributed by atoms with Crippen molar-refractivity contribution in [2.24, 2.45) is 0 Å². The number of aromatic nitrogens is 4. The van der Waals surface area contributed by atoms with Gasteiger partial charge in [0.15, 0.2) is 11.4 Å². The molecule has 3 unspecified atom stereocenters. The van der Waals surface area contributed by atoms with E-state index in [2.05, 4.69) is 28.1 Å². The molecule has 4 rings (SSSR count). The number of fused-ring (bicyclic) bond motifs is 1. The number of nitriles is 2. The van der Waals surface area contributed by atoms with E-state index in [0.717, 1.165) is 17.8 Å². The van der Waals surface area contributed by atoms with Crippen molar-refractivity contribution in [2.75, 3.05) is 39.3 Å². The SMILES string of the molecule is CCCCCCCCCCCCCCCCCCOCCCOP(=O)(O)OCC1(C#N)CCC(c2ccc3c(N)ncnn23)O1.COCc1ccc(C#N)cn1. The van der Waals surface area contributed by atoms with E-state index in [0.29, 0.717) is 56.0 Å². The molecule has 3 aromatic rings. The first-order valence-corrected chi connectivity index (χ1v) is 22.0. The Hall–Kier alpha value is -3.46. The van der Waals surface area contributed by atoms with Gasteiger partial charge in [-0.25, -0.2) is 14.1 Å². The Morgan fingerprint density at radius 1 is 0.893 bits per heavy atom. The second-order valence-electron chi connectivity index (χ2n) is 14.4. The maximum atomic E-state index is 12.4. The number of phosphoric acid groups is 1. The van der Waals surface area contributed by atoms with Crippen molar-refractivity contribution in [2.45, 2.75) is 147 Å². The number of pyridine rings is 1. The number of anilines is 1. The zero-order valence-electron chi connectivity index (χ0n) is 33.6. The van der Waals surface area contributed by atoms with Gasteiger partial charge in [-0.3, -0.25) is 14.0 Å². The van der Waals surface area contributed by atoms with Crippen LogP contribution >= 0.6 is 7.82 Å². The van der Waals surface area contributed by atoms with Crippen LogP contribution in [-0.2, 0) is 34.4 Å². The summed E-state index contributed by atoms with van der Waals surface area (Å²) >= 11 is 0. The molecule has 15 heteroatoms. The fraction of sp³-hybridized carbons (Fsp3) is 0.683. The predicted molar refractivity (Wildman–Crippen MR) is 215 cm³/mol. The second-order valence-corrected chi connectivity index (χ2v) is 15.8. The highest BCUT2D eigenvalue weighted by Crippen LogP contribution is 2.47. The van der Waals surface area contributed by atoms with Gasteiger partial charge in [-0.2, -0.15) is 15.6 Å². The van der Waals surface area contributed by atoms with Crippen molar-refractivity contribution in [1.82, 2.24) is 19.6 Å². The van der Waals surface area contributed by atoms with E-state index in [1.165, 1.54) is 109 Å². The first-order chi connectivity index (χ1) is 27.3. The number of rotatable bonds is 28. The molecule has 0 radical (unpaired) electrons. The maximum absolute atomic E-state index is 12.4. The Morgan fingerprint density at radius 3 is 2.12 bits per heavy atom. The summed E-state index contributed by atoms with van der Waals surface area (Å²) in [6.07, 6.45) is 25.1. The minimum absolute atomic E-state index is 0.0209. The third-order valence-corrected chi connectivity index (χ3v) is 10.7. The molecule has 1 aliphatic heterocycles. The number of nitrogens with two attached hydrogens (primary N) is 1. The van der Waals surface area contributed by atoms with Crippen LogP contribution in [-0.4, -0.2) is 63.6 Å². The highest BCUT2D eigenvalue weighted by Gasteiger charge is 2.44. The summed E-state index contributed by atoms with van der Waals surface area (Å²) in [7, 11) is -2.74. The Kier molecular flexibility index (Phi) is 22.8. The van der Waals surface area contributed by atoms with E-state index in [1.54, 1.807) is 29.8 Å². The van der Waals surface area contributed by atoms with Gasteiger partial charge in [0.1, 0.15) is 36.7 Å². The molecule has 1 saturated heterocycles. The lowest BCUT2D eigenvalue weighted by Crippen LogP contribution is -2.32. The largest absolute Gasteiger partial charge is 0.472 e. The number of hydrogen-bond donors (Lipinski definition) is 2. The molecule has 3 N–H and O–H groups in total. The molecule has 3 aromatic heterocycles. The van der Waals surface area contributed by atoms with Crippen molar-refractivity contribution in [3.63, 3.8) is 0 Å². The van der Waals surface area contributed by atoms with Crippen LogP contribution in [0.5, 0.6) is 0 Å². The zero-order chi connectivity index (χ0) is 40.3. The highest BCUT2D eigenvalue weighted by molar-refractivity contribution is 7.47. The molecule has 0 aliphatic carbocycles. The minimum atomic E-state index is -4.35. The van der Waals surface area contributed by atoms with E-state index < -0.39 is 19.5 Å².